The van der Waals surface area contributed by atoms with Gasteiger partial charge >= 0.3 is 0 Å². The minimum atomic E-state index is -0.224. The van der Waals surface area contributed by atoms with Gasteiger partial charge in [0.2, 0.25) is 0 Å². The first-order chi connectivity index (χ1) is 11.8. The second kappa shape index (κ2) is 5.78. The highest BCUT2D eigenvalue weighted by Crippen LogP contribution is 2.23. The van der Waals surface area contributed by atoms with Crippen molar-refractivity contribution in [2.45, 2.75) is 0 Å². The lowest BCUT2D eigenvalue weighted by atomic mass is 10.0. The summed E-state index contributed by atoms with van der Waals surface area (Å²) in [5.41, 5.74) is 2.05. The van der Waals surface area contributed by atoms with E-state index in [1.807, 2.05) is 36.4 Å². The maximum Gasteiger partial charge on any atom is 0.261 e. The third-order valence-corrected chi connectivity index (χ3v) is 4.29. The van der Waals surface area contributed by atoms with Crippen molar-refractivity contribution in [2.24, 2.45) is 0 Å². The van der Waals surface area contributed by atoms with Crippen LogP contribution < -0.4 is 0 Å². The summed E-state index contributed by atoms with van der Waals surface area (Å²) in [6, 6.07) is 21.2. The molecule has 3 aromatic rings. The fourth-order valence-electron chi connectivity index (χ4n) is 3.09. The summed E-state index contributed by atoms with van der Waals surface area (Å²) in [5, 5.41) is 2.32. The molecule has 0 bridgehead atoms. The highest BCUT2D eigenvalue weighted by atomic mass is 16.2. The molecule has 1 aliphatic rings. The van der Waals surface area contributed by atoms with E-state index in [1.54, 1.807) is 24.3 Å². The second-order valence-electron chi connectivity index (χ2n) is 5.74. The van der Waals surface area contributed by atoms with E-state index in [2.05, 4.69) is 18.2 Å². The standard InChI is InChI=1S/C21H15NO2/c23-20-18-12-3-4-13-19(18)21(24)22(20)14-6-10-16-9-5-8-15-7-1-2-11-17(15)16/h1-13H,14H2/b10-6+. The van der Waals surface area contributed by atoms with Gasteiger partial charge in [-0.1, -0.05) is 66.7 Å². The first-order valence-corrected chi connectivity index (χ1v) is 7.85. The quantitative estimate of drug-likeness (QED) is 0.681. The van der Waals surface area contributed by atoms with E-state index >= 15 is 0 Å². The number of benzene rings is 3. The van der Waals surface area contributed by atoms with E-state index in [0.717, 1.165) is 10.9 Å². The number of hydrogen-bond acceptors (Lipinski definition) is 2. The van der Waals surface area contributed by atoms with Crippen molar-refractivity contribution in [3.8, 4) is 0 Å². The van der Waals surface area contributed by atoms with Gasteiger partial charge in [0.25, 0.3) is 11.8 Å². The van der Waals surface area contributed by atoms with Crippen LogP contribution in [-0.4, -0.2) is 23.3 Å². The van der Waals surface area contributed by atoms with E-state index in [9.17, 15) is 9.59 Å². The Hall–Kier alpha value is -3.20. The molecule has 1 aliphatic heterocycles. The molecule has 3 heteroatoms. The molecule has 0 spiro atoms. The molecule has 0 N–H and O–H groups in total. The molecule has 0 unspecified atom stereocenters. The lowest BCUT2D eigenvalue weighted by molar-refractivity contribution is 0.0672. The number of rotatable bonds is 3. The monoisotopic (exact) mass is 313 g/mol. The Morgan fingerprint density at radius 2 is 1.38 bits per heavy atom. The number of carbonyl (C=O) groups excluding carboxylic acids is 2. The number of carbonyl (C=O) groups is 2. The molecule has 0 saturated heterocycles. The Bertz CT molecular complexity index is 948. The summed E-state index contributed by atoms with van der Waals surface area (Å²) >= 11 is 0. The van der Waals surface area contributed by atoms with Gasteiger partial charge in [0.1, 0.15) is 0 Å². The van der Waals surface area contributed by atoms with Crippen molar-refractivity contribution >= 4 is 28.7 Å². The summed E-state index contributed by atoms with van der Waals surface area (Å²) in [6.45, 7) is 0.273. The lowest BCUT2D eigenvalue weighted by Crippen LogP contribution is -2.29. The van der Waals surface area contributed by atoms with Crippen LogP contribution in [0.2, 0.25) is 0 Å². The molecule has 1 heterocycles. The first kappa shape index (κ1) is 14.4. The van der Waals surface area contributed by atoms with Crippen LogP contribution in [0.4, 0.5) is 0 Å². The third-order valence-electron chi connectivity index (χ3n) is 4.29. The summed E-state index contributed by atoms with van der Waals surface area (Å²) in [5.74, 6) is -0.448. The van der Waals surface area contributed by atoms with Gasteiger partial charge in [-0.3, -0.25) is 14.5 Å². The Labute approximate surface area is 139 Å². The predicted octanol–water partition coefficient (Wildman–Crippen LogP) is 4.15. The number of imide groups is 1. The molecule has 24 heavy (non-hydrogen) atoms. The van der Waals surface area contributed by atoms with Gasteiger partial charge in [0.15, 0.2) is 0 Å². The summed E-state index contributed by atoms with van der Waals surface area (Å²) in [6.07, 6.45) is 3.83. The Kier molecular flexibility index (Phi) is 3.47. The molecule has 3 nitrogen and oxygen atoms in total. The van der Waals surface area contributed by atoms with E-state index in [1.165, 1.54) is 10.3 Å². The average molecular weight is 313 g/mol. The van der Waals surface area contributed by atoms with E-state index in [-0.39, 0.29) is 18.4 Å². The van der Waals surface area contributed by atoms with Crippen LogP contribution in [0, 0.1) is 0 Å². The zero-order valence-electron chi connectivity index (χ0n) is 13.0. The van der Waals surface area contributed by atoms with Crippen molar-refractivity contribution in [3.05, 3.63) is 89.5 Å². The SMILES string of the molecule is O=C1c2ccccc2C(=O)N1C/C=C/c1cccc2ccccc12. The zero-order chi connectivity index (χ0) is 16.5. The highest BCUT2D eigenvalue weighted by Gasteiger charge is 2.33. The topological polar surface area (TPSA) is 37.4 Å². The van der Waals surface area contributed by atoms with Crippen molar-refractivity contribution in [1.82, 2.24) is 4.90 Å². The second-order valence-corrected chi connectivity index (χ2v) is 5.74. The molecular formula is C21H15NO2. The van der Waals surface area contributed by atoms with Gasteiger partial charge in [-0.25, -0.2) is 0 Å². The predicted molar refractivity (Wildman–Crippen MR) is 94.8 cm³/mol. The molecule has 0 aromatic heterocycles. The number of amides is 2. The van der Waals surface area contributed by atoms with Crippen molar-refractivity contribution in [2.75, 3.05) is 6.54 Å². The van der Waals surface area contributed by atoms with Gasteiger partial charge in [0.05, 0.1) is 11.1 Å². The average Bonchev–Trinajstić information content (AvgIpc) is 2.87. The van der Waals surface area contributed by atoms with Gasteiger partial charge in [-0.05, 0) is 28.5 Å². The van der Waals surface area contributed by atoms with E-state index < -0.39 is 0 Å². The van der Waals surface area contributed by atoms with Crippen molar-refractivity contribution < 1.29 is 9.59 Å². The summed E-state index contributed by atoms with van der Waals surface area (Å²) in [4.78, 5) is 26.0. The Morgan fingerprint density at radius 3 is 2.12 bits per heavy atom. The molecule has 2 amide bonds. The van der Waals surface area contributed by atoms with Gasteiger partial charge < -0.3 is 0 Å². The number of nitrogens with zero attached hydrogens (tertiary/aromatic N) is 1. The van der Waals surface area contributed by atoms with E-state index in [4.69, 9.17) is 0 Å². The molecule has 0 atom stereocenters. The maximum absolute atomic E-state index is 12.3. The fraction of sp³-hybridized carbons (Fsp3) is 0.0476. The van der Waals surface area contributed by atoms with Crippen LogP contribution in [0.15, 0.2) is 72.8 Å². The van der Waals surface area contributed by atoms with Crippen LogP contribution in [0.25, 0.3) is 16.8 Å². The van der Waals surface area contributed by atoms with Crippen LogP contribution in [0.5, 0.6) is 0 Å². The Balaban J connectivity index is 1.58. The van der Waals surface area contributed by atoms with Gasteiger partial charge in [-0.15, -0.1) is 0 Å². The van der Waals surface area contributed by atoms with Crippen molar-refractivity contribution in [1.29, 1.82) is 0 Å². The minimum absolute atomic E-state index is 0.224. The summed E-state index contributed by atoms with van der Waals surface area (Å²) in [7, 11) is 0. The van der Waals surface area contributed by atoms with Crippen molar-refractivity contribution in [3.63, 3.8) is 0 Å². The molecule has 0 fully saturated rings. The van der Waals surface area contributed by atoms with Crippen LogP contribution >= 0.6 is 0 Å². The summed E-state index contributed by atoms with van der Waals surface area (Å²) < 4.78 is 0. The van der Waals surface area contributed by atoms with Crippen LogP contribution in [-0.2, 0) is 0 Å². The third kappa shape index (κ3) is 2.31. The largest absolute Gasteiger partial charge is 0.270 e. The molecule has 0 aliphatic carbocycles. The maximum atomic E-state index is 12.3. The highest BCUT2D eigenvalue weighted by molar-refractivity contribution is 6.21. The first-order valence-electron chi connectivity index (χ1n) is 7.85. The molecule has 3 aromatic carbocycles. The van der Waals surface area contributed by atoms with Crippen LogP contribution in [0.3, 0.4) is 0 Å². The Morgan fingerprint density at radius 1 is 0.750 bits per heavy atom. The molecular weight excluding hydrogens is 298 g/mol. The molecule has 116 valence electrons. The molecule has 0 saturated carbocycles. The minimum Gasteiger partial charge on any atom is -0.270 e. The zero-order valence-corrected chi connectivity index (χ0v) is 13.0. The van der Waals surface area contributed by atoms with Gasteiger partial charge in [-0.2, -0.15) is 0 Å². The fourth-order valence-corrected chi connectivity index (χ4v) is 3.09. The lowest BCUT2D eigenvalue weighted by Gasteiger charge is -2.10. The van der Waals surface area contributed by atoms with Crippen LogP contribution in [0.1, 0.15) is 26.3 Å². The number of hydrogen-bond donors (Lipinski definition) is 0. The number of fused-ring (bicyclic) bond motifs is 2. The molecule has 0 radical (unpaired) electrons. The normalized spacial score (nSPS) is 13.9. The smallest absolute Gasteiger partial charge is 0.261 e. The van der Waals surface area contributed by atoms with E-state index in [0.29, 0.717) is 11.1 Å². The van der Waals surface area contributed by atoms with Gasteiger partial charge in [0, 0.05) is 6.54 Å². The molecule has 4 rings (SSSR count).